The Hall–Kier alpha value is -2.78. The minimum Gasteiger partial charge on any atom is -0.395 e. The van der Waals surface area contributed by atoms with Crippen LogP contribution >= 0.6 is 0 Å². The van der Waals surface area contributed by atoms with Gasteiger partial charge in [0.1, 0.15) is 16.9 Å². The first-order chi connectivity index (χ1) is 13.5. The third kappa shape index (κ3) is 4.37. The van der Waals surface area contributed by atoms with Gasteiger partial charge in [0.2, 0.25) is 5.95 Å². The fourth-order valence-electron chi connectivity index (χ4n) is 2.91. The maximum atomic E-state index is 9.27. The lowest BCUT2D eigenvalue weighted by molar-refractivity contribution is 0.137. The molecule has 0 radical (unpaired) electrons. The van der Waals surface area contributed by atoms with E-state index >= 15 is 0 Å². The molecule has 0 unspecified atom stereocenters. The number of anilines is 3. The molecule has 0 amide bonds. The molecule has 0 bridgehead atoms. The molecule has 0 aliphatic carbocycles. The number of aliphatic hydroxyl groups excluding tert-OH is 1. The number of aromatic nitrogens is 5. The molecule has 9 heteroatoms. The van der Waals surface area contributed by atoms with Crippen molar-refractivity contribution in [3.8, 4) is 0 Å². The standard InChI is InChI=1S/C19H27N7O2/c1-5-28-11-9-26-17-16(14(3)24-26)22-19(25(4)8-10-27)23-18(17)21-15-12-13(2)6-7-20-15/h6-7,12,27H,5,8-11H2,1-4H3,(H,20,21,22,23). The number of pyridine rings is 1. The van der Waals surface area contributed by atoms with Crippen LogP contribution in [0.15, 0.2) is 18.3 Å². The molecule has 0 atom stereocenters. The fraction of sp³-hybridized carbons (Fsp3) is 0.474. The van der Waals surface area contributed by atoms with E-state index in [1.807, 2.05) is 49.5 Å². The first-order valence-electron chi connectivity index (χ1n) is 9.38. The Labute approximate surface area is 164 Å². The molecule has 150 valence electrons. The summed E-state index contributed by atoms with van der Waals surface area (Å²) >= 11 is 0. The minimum absolute atomic E-state index is 0.0205. The first-order valence-corrected chi connectivity index (χ1v) is 9.38. The Morgan fingerprint density at radius 3 is 2.82 bits per heavy atom. The number of aliphatic hydroxyl groups is 1. The van der Waals surface area contributed by atoms with Crippen molar-refractivity contribution in [1.82, 2.24) is 24.7 Å². The molecule has 0 aromatic carbocycles. The Bertz CT molecular complexity index is 941. The summed E-state index contributed by atoms with van der Waals surface area (Å²) in [7, 11) is 1.85. The molecule has 0 saturated heterocycles. The van der Waals surface area contributed by atoms with Crippen LogP contribution in [-0.4, -0.2) is 63.3 Å². The van der Waals surface area contributed by atoms with Gasteiger partial charge in [0.15, 0.2) is 5.82 Å². The highest BCUT2D eigenvalue weighted by atomic mass is 16.5. The molecular formula is C19H27N7O2. The smallest absolute Gasteiger partial charge is 0.227 e. The van der Waals surface area contributed by atoms with E-state index < -0.39 is 0 Å². The van der Waals surface area contributed by atoms with E-state index in [1.54, 1.807) is 6.20 Å². The minimum atomic E-state index is 0.0205. The highest BCUT2D eigenvalue weighted by molar-refractivity contribution is 5.90. The van der Waals surface area contributed by atoms with Gasteiger partial charge in [0.05, 0.1) is 25.5 Å². The predicted octanol–water partition coefficient (Wildman–Crippen LogP) is 2.05. The number of nitrogens with one attached hydrogen (secondary N) is 1. The summed E-state index contributed by atoms with van der Waals surface area (Å²) in [6.07, 6.45) is 1.76. The van der Waals surface area contributed by atoms with Crippen LogP contribution in [0.2, 0.25) is 0 Å². The van der Waals surface area contributed by atoms with Crippen LogP contribution in [0, 0.1) is 13.8 Å². The molecule has 3 rings (SSSR count). The largest absolute Gasteiger partial charge is 0.395 e. The average molecular weight is 385 g/mol. The maximum Gasteiger partial charge on any atom is 0.227 e. The van der Waals surface area contributed by atoms with Gasteiger partial charge < -0.3 is 20.1 Å². The lowest BCUT2D eigenvalue weighted by Crippen LogP contribution is -2.23. The normalized spacial score (nSPS) is 11.2. The summed E-state index contributed by atoms with van der Waals surface area (Å²) in [5, 5.41) is 17.2. The monoisotopic (exact) mass is 385 g/mol. The van der Waals surface area contributed by atoms with E-state index in [2.05, 4.69) is 20.4 Å². The molecular weight excluding hydrogens is 358 g/mol. The quantitative estimate of drug-likeness (QED) is 0.540. The van der Waals surface area contributed by atoms with Gasteiger partial charge >= 0.3 is 0 Å². The molecule has 2 N–H and O–H groups in total. The van der Waals surface area contributed by atoms with E-state index in [-0.39, 0.29) is 6.61 Å². The number of likely N-dealkylation sites (N-methyl/N-ethyl adjacent to an activating group) is 1. The van der Waals surface area contributed by atoms with Gasteiger partial charge in [0, 0.05) is 26.4 Å². The fourth-order valence-corrected chi connectivity index (χ4v) is 2.91. The first kappa shape index (κ1) is 20.0. The van der Waals surface area contributed by atoms with Crippen molar-refractivity contribution < 1.29 is 9.84 Å². The van der Waals surface area contributed by atoms with E-state index in [1.165, 1.54) is 0 Å². The van der Waals surface area contributed by atoms with Crippen molar-refractivity contribution in [3.05, 3.63) is 29.6 Å². The van der Waals surface area contributed by atoms with Crippen molar-refractivity contribution in [2.75, 3.05) is 43.6 Å². The molecule has 0 aliphatic heterocycles. The van der Waals surface area contributed by atoms with Crippen LogP contribution in [0.4, 0.5) is 17.6 Å². The van der Waals surface area contributed by atoms with Gasteiger partial charge in [0.25, 0.3) is 0 Å². The molecule has 3 aromatic rings. The van der Waals surface area contributed by atoms with Crippen LogP contribution in [-0.2, 0) is 11.3 Å². The molecule has 0 saturated carbocycles. The van der Waals surface area contributed by atoms with Crippen molar-refractivity contribution >= 4 is 28.6 Å². The SMILES string of the molecule is CCOCCn1nc(C)c2nc(N(C)CCO)nc(Nc3cc(C)ccn3)c21. The van der Waals surface area contributed by atoms with Crippen LogP contribution in [0.25, 0.3) is 11.0 Å². The Balaban J connectivity index is 2.09. The van der Waals surface area contributed by atoms with E-state index in [0.717, 1.165) is 22.3 Å². The van der Waals surface area contributed by atoms with Crippen LogP contribution in [0.3, 0.4) is 0 Å². The molecule has 0 fully saturated rings. The highest BCUT2D eigenvalue weighted by Gasteiger charge is 2.19. The second-order valence-corrected chi connectivity index (χ2v) is 6.56. The Morgan fingerprint density at radius 2 is 2.11 bits per heavy atom. The zero-order valence-corrected chi connectivity index (χ0v) is 16.8. The van der Waals surface area contributed by atoms with Crippen LogP contribution in [0.5, 0.6) is 0 Å². The topological polar surface area (TPSA) is 101 Å². The predicted molar refractivity (Wildman–Crippen MR) is 109 cm³/mol. The van der Waals surface area contributed by atoms with Gasteiger partial charge in [-0.15, -0.1) is 0 Å². The third-order valence-electron chi connectivity index (χ3n) is 4.33. The summed E-state index contributed by atoms with van der Waals surface area (Å²) < 4.78 is 7.36. The van der Waals surface area contributed by atoms with Crippen molar-refractivity contribution in [3.63, 3.8) is 0 Å². The summed E-state index contributed by atoms with van der Waals surface area (Å²) in [4.78, 5) is 15.6. The van der Waals surface area contributed by atoms with E-state index in [0.29, 0.717) is 43.9 Å². The second kappa shape index (κ2) is 8.94. The molecule has 0 aliphatic rings. The van der Waals surface area contributed by atoms with Gasteiger partial charge in [-0.1, -0.05) is 0 Å². The number of ether oxygens (including phenoxy) is 1. The maximum absolute atomic E-state index is 9.27. The summed E-state index contributed by atoms with van der Waals surface area (Å²) in [6, 6.07) is 3.90. The highest BCUT2D eigenvalue weighted by Crippen LogP contribution is 2.28. The summed E-state index contributed by atoms with van der Waals surface area (Å²) in [5.74, 6) is 1.84. The Kier molecular flexibility index (Phi) is 6.37. The number of rotatable bonds is 9. The van der Waals surface area contributed by atoms with Crippen LogP contribution < -0.4 is 10.2 Å². The van der Waals surface area contributed by atoms with E-state index in [4.69, 9.17) is 9.72 Å². The zero-order valence-electron chi connectivity index (χ0n) is 16.8. The lowest BCUT2D eigenvalue weighted by Gasteiger charge is -2.17. The van der Waals surface area contributed by atoms with Gasteiger partial charge in [-0.3, -0.25) is 4.68 Å². The van der Waals surface area contributed by atoms with Crippen molar-refractivity contribution in [1.29, 1.82) is 0 Å². The second-order valence-electron chi connectivity index (χ2n) is 6.56. The van der Waals surface area contributed by atoms with Crippen molar-refractivity contribution in [2.24, 2.45) is 0 Å². The number of hydrogen-bond acceptors (Lipinski definition) is 8. The number of fused-ring (bicyclic) bond motifs is 1. The molecule has 9 nitrogen and oxygen atoms in total. The molecule has 3 heterocycles. The lowest BCUT2D eigenvalue weighted by atomic mass is 10.3. The summed E-state index contributed by atoms with van der Waals surface area (Å²) in [5.41, 5.74) is 3.48. The molecule has 3 aromatic heterocycles. The summed E-state index contributed by atoms with van der Waals surface area (Å²) in [6.45, 7) is 8.18. The van der Waals surface area contributed by atoms with E-state index in [9.17, 15) is 5.11 Å². The van der Waals surface area contributed by atoms with Crippen molar-refractivity contribution in [2.45, 2.75) is 27.3 Å². The number of nitrogens with zero attached hydrogens (tertiary/aromatic N) is 6. The zero-order chi connectivity index (χ0) is 20.1. The number of hydrogen-bond donors (Lipinski definition) is 2. The average Bonchev–Trinajstić information content (AvgIpc) is 2.98. The Morgan fingerprint density at radius 1 is 1.29 bits per heavy atom. The van der Waals surface area contributed by atoms with Gasteiger partial charge in [-0.05, 0) is 38.5 Å². The molecule has 28 heavy (non-hydrogen) atoms. The third-order valence-corrected chi connectivity index (χ3v) is 4.33. The number of aryl methyl sites for hydroxylation is 2. The van der Waals surface area contributed by atoms with Crippen LogP contribution in [0.1, 0.15) is 18.2 Å². The van der Waals surface area contributed by atoms with Gasteiger partial charge in [-0.25, -0.2) is 9.97 Å². The molecule has 0 spiro atoms. The van der Waals surface area contributed by atoms with Gasteiger partial charge in [-0.2, -0.15) is 10.1 Å².